The van der Waals surface area contributed by atoms with E-state index in [1.807, 2.05) is 17.7 Å². The molecule has 0 saturated heterocycles. The molecule has 0 spiro atoms. The van der Waals surface area contributed by atoms with E-state index in [4.69, 9.17) is 5.11 Å². The van der Waals surface area contributed by atoms with Crippen LogP contribution in [0.3, 0.4) is 0 Å². The summed E-state index contributed by atoms with van der Waals surface area (Å²) in [7, 11) is 1.74. The van der Waals surface area contributed by atoms with Gasteiger partial charge in [0.15, 0.2) is 0 Å². The molecule has 0 fully saturated rings. The van der Waals surface area contributed by atoms with Crippen LogP contribution < -0.4 is 0 Å². The summed E-state index contributed by atoms with van der Waals surface area (Å²) in [5.74, 6) is 0.0590. The zero-order valence-electron chi connectivity index (χ0n) is 11.4. The Labute approximate surface area is 108 Å². The molecule has 2 unspecified atom stereocenters. The van der Waals surface area contributed by atoms with Crippen LogP contribution in [0.25, 0.3) is 0 Å². The molecule has 5 nitrogen and oxygen atoms in total. The van der Waals surface area contributed by atoms with E-state index in [0.717, 1.165) is 12.8 Å². The fourth-order valence-electron chi connectivity index (χ4n) is 1.89. The van der Waals surface area contributed by atoms with Gasteiger partial charge in [-0.15, -0.1) is 0 Å². The molecule has 0 saturated carbocycles. The zero-order chi connectivity index (χ0) is 13.5. The van der Waals surface area contributed by atoms with Crippen LogP contribution in [0.4, 0.5) is 0 Å². The lowest BCUT2D eigenvalue weighted by Gasteiger charge is -2.26. The Morgan fingerprint density at radius 1 is 1.56 bits per heavy atom. The van der Waals surface area contributed by atoms with Crippen LogP contribution in [-0.4, -0.2) is 45.2 Å². The Morgan fingerprint density at radius 2 is 2.28 bits per heavy atom. The number of imidazole rings is 1. The number of carbonyl (C=O) groups excluding carboxylic acids is 1. The maximum atomic E-state index is 12.1. The van der Waals surface area contributed by atoms with Crippen LogP contribution in [0.15, 0.2) is 18.7 Å². The number of hydrogen-bond acceptors (Lipinski definition) is 3. The third kappa shape index (κ3) is 3.84. The van der Waals surface area contributed by atoms with Crippen molar-refractivity contribution in [3.63, 3.8) is 0 Å². The second kappa shape index (κ2) is 7.16. The molecule has 1 rings (SSSR count). The van der Waals surface area contributed by atoms with Crippen molar-refractivity contribution in [1.29, 1.82) is 0 Å². The van der Waals surface area contributed by atoms with Crippen LogP contribution >= 0.6 is 0 Å². The third-order valence-electron chi connectivity index (χ3n) is 3.30. The molecule has 0 aliphatic heterocycles. The minimum atomic E-state index is -0.137. The summed E-state index contributed by atoms with van der Waals surface area (Å²) in [6, 6.07) is 0.0147. The fraction of sp³-hybridized carbons (Fsp3) is 0.692. The Hall–Kier alpha value is -1.36. The zero-order valence-corrected chi connectivity index (χ0v) is 11.4. The average molecular weight is 253 g/mol. The summed E-state index contributed by atoms with van der Waals surface area (Å²) in [4.78, 5) is 17.7. The predicted molar refractivity (Wildman–Crippen MR) is 70.1 cm³/mol. The highest BCUT2D eigenvalue weighted by Gasteiger charge is 2.20. The number of aromatic nitrogens is 2. The topological polar surface area (TPSA) is 58.4 Å². The molecule has 2 atom stereocenters. The van der Waals surface area contributed by atoms with Crippen molar-refractivity contribution in [1.82, 2.24) is 14.5 Å². The molecule has 1 amide bonds. The van der Waals surface area contributed by atoms with E-state index in [2.05, 4.69) is 11.9 Å². The van der Waals surface area contributed by atoms with E-state index in [1.54, 1.807) is 24.5 Å². The van der Waals surface area contributed by atoms with Gasteiger partial charge in [-0.2, -0.15) is 0 Å². The Kier molecular flexibility index (Phi) is 5.85. The standard InChI is InChI=1S/C13H23N3O2/c1-4-5-12(16-7-6-14-10-16)8-13(18)15(3)11(2)9-17/h6-7,10-12,17H,4-5,8-9H2,1-3H3. The normalized spacial score (nSPS) is 14.2. The second-order valence-electron chi connectivity index (χ2n) is 4.69. The van der Waals surface area contributed by atoms with Gasteiger partial charge in [0.05, 0.1) is 19.0 Å². The Bertz CT molecular complexity index is 351. The molecular weight excluding hydrogens is 230 g/mol. The van der Waals surface area contributed by atoms with E-state index in [-0.39, 0.29) is 24.6 Å². The lowest BCUT2D eigenvalue weighted by Crippen LogP contribution is -2.38. The van der Waals surface area contributed by atoms with Gasteiger partial charge in [-0.3, -0.25) is 4.79 Å². The van der Waals surface area contributed by atoms with Gasteiger partial charge in [0.1, 0.15) is 0 Å². The first-order chi connectivity index (χ1) is 8.60. The van der Waals surface area contributed by atoms with Gasteiger partial charge in [0, 0.05) is 31.9 Å². The van der Waals surface area contributed by atoms with Gasteiger partial charge in [-0.25, -0.2) is 4.98 Å². The first kappa shape index (κ1) is 14.7. The minimum absolute atomic E-state index is 0.00817. The number of hydrogen-bond donors (Lipinski definition) is 1. The van der Waals surface area contributed by atoms with Gasteiger partial charge in [-0.1, -0.05) is 13.3 Å². The minimum Gasteiger partial charge on any atom is -0.394 e. The van der Waals surface area contributed by atoms with Crippen molar-refractivity contribution in [2.75, 3.05) is 13.7 Å². The number of rotatable bonds is 7. The molecule has 1 heterocycles. The number of nitrogens with zero attached hydrogens (tertiary/aromatic N) is 3. The quantitative estimate of drug-likeness (QED) is 0.800. The summed E-state index contributed by atoms with van der Waals surface area (Å²) in [5.41, 5.74) is 0. The van der Waals surface area contributed by atoms with E-state index in [1.165, 1.54) is 0 Å². The third-order valence-corrected chi connectivity index (χ3v) is 3.30. The first-order valence-corrected chi connectivity index (χ1v) is 6.44. The number of aliphatic hydroxyl groups is 1. The molecule has 0 aromatic carbocycles. The van der Waals surface area contributed by atoms with Gasteiger partial charge >= 0.3 is 0 Å². The van der Waals surface area contributed by atoms with Gasteiger partial charge < -0.3 is 14.6 Å². The molecule has 5 heteroatoms. The molecule has 0 aliphatic carbocycles. The molecule has 1 aromatic heterocycles. The smallest absolute Gasteiger partial charge is 0.224 e. The van der Waals surface area contributed by atoms with Gasteiger partial charge in [0.2, 0.25) is 5.91 Å². The highest BCUT2D eigenvalue weighted by atomic mass is 16.3. The monoisotopic (exact) mass is 253 g/mol. The molecular formula is C13H23N3O2. The first-order valence-electron chi connectivity index (χ1n) is 6.44. The summed E-state index contributed by atoms with van der Waals surface area (Å²) in [6.07, 6.45) is 7.79. The molecule has 1 aromatic rings. The average Bonchev–Trinajstić information content (AvgIpc) is 2.90. The Balaban J connectivity index is 2.64. The van der Waals surface area contributed by atoms with Crippen molar-refractivity contribution < 1.29 is 9.90 Å². The van der Waals surface area contributed by atoms with Gasteiger partial charge in [0.25, 0.3) is 0 Å². The SMILES string of the molecule is CCCC(CC(=O)N(C)C(C)CO)n1ccnc1. The van der Waals surface area contributed by atoms with Crippen molar-refractivity contribution >= 4 is 5.91 Å². The summed E-state index contributed by atoms with van der Waals surface area (Å²) < 4.78 is 1.98. The maximum absolute atomic E-state index is 12.1. The predicted octanol–water partition coefficient (Wildman–Crippen LogP) is 1.45. The molecule has 0 aliphatic rings. The molecule has 1 N–H and O–H groups in total. The molecule has 102 valence electrons. The van der Waals surface area contributed by atoms with Crippen LogP contribution in [0.2, 0.25) is 0 Å². The summed E-state index contributed by atoms with van der Waals surface area (Å²) in [5, 5.41) is 9.07. The summed E-state index contributed by atoms with van der Waals surface area (Å²) in [6.45, 7) is 3.93. The van der Waals surface area contributed by atoms with Crippen molar-refractivity contribution in [3.05, 3.63) is 18.7 Å². The molecule has 18 heavy (non-hydrogen) atoms. The van der Waals surface area contributed by atoms with E-state index in [0.29, 0.717) is 6.42 Å². The fourth-order valence-corrected chi connectivity index (χ4v) is 1.89. The number of amides is 1. The van der Waals surface area contributed by atoms with Crippen molar-refractivity contribution in [2.45, 2.75) is 45.2 Å². The second-order valence-corrected chi connectivity index (χ2v) is 4.69. The number of carbonyl (C=O) groups is 1. The Morgan fingerprint density at radius 3 is 2.78 bits per heavy atom. The molecule has 0 bridgehead atoms. The number of likely N-dealkylation sites (N-methyl/N-ethyl adjacent to an activating group) is 1. The van der Waals surface area contributed by atoms with E-state index >= 15 is 0 Å². The molecule has 0 radical (unpaired) electrons. The van der Waals surface area contributed by atoms with Crippen LogP contribution in [0, 0.1) is 0 Å². The van der Waals surface area contributed by atoms with E-state index < -0.39 is 0 Å². The van der Waals surface area contributed by atoms with Crippen LogP contribution in [-0.2, 0) is 4.79 Å². The van der Waals surface area contributed by atoms with Gasteiger partial charge in [-0.05, 0) is 13.3 Å². The van der Waals surface area contributed by atoms with Crippen molar-refractivity contribution in [3.8, 4) is 0 Å². The largest absolute Gasteiger partial charge is 0.394 e. The maximum Gasteiger partial charge on any atom is 0.224 e. The van der Waals surface area contributed by atoms with Crippen LogP contribution in [0.1, 0.15) is 39.2 Å². The summed E-state index contributed by atoms with van der Waals surface area (Å²) >= 11 is 0. The lowest BCUT2D eigenvalue weighted by atomic mass is 10.1. The number of aliphatic hydroxyl groups excluding tert-OH is 1. The van der Waals surface area contributed by atoms with Crippen LogP contribution in [0.5, 0.6) is 0 Å². The highest BCUT2D eigenvalue weighted by Crippen LogP contribution is 2.19. The van der Waals surface area contributed by atoms with Crippen molar-refractivity contribution in [2.24, 2.45) is 0 Å². The highest BCUT2D eigenvalue weighted by molar-refractivity contribution is 5.76. The van der Waals surface area contributed by atoms with E-state index in [9.17, 15) is 4.79 Å². The lowest BCUT2D eigenvalue weighted by molar-refractivity contribution is -0.133.